The van der Waals surface area contributed by atoms with E-state index in [4.69, 9.17) is 5.73 Å². The molecule has 0 saturated heterocycles. The van der Waals surface area contributed by atoms with Crippen molar-refractivity contribution in [2.24, 2.45) is 17.6 Å². The van der Waals surface area contributed by atoms with Crippen LogP contribution in [0.3, 0.4) is 0 Å². The number of anilines is 2. The van der Waals surface area contributed by atoms with Gasteiger partial charge in [-0.2, -0.15) is 0 Å². The summed E-state index contributed by atoms with van der Waals surface area (Å²) in [4.78, 5) is 42.8. The smallest absolute Gasteiger partial charge is 0.271 e. The summed E-state index contributed by atoms with van der Waals surface area (Å²) >= 11 is 0.957. The highest BCUT2D eigenvalue weighted by Gasteiger charge is 2.63. The van der Waals surface area contributed by atoms with Gasteiger partial charge in [-0.3, -0.25) is 24.0 Å². The molecule has 15 heteroatoms. The highest BCUT2D eigenvalue weighted by molar-refractivity contribution is 7.94. The number of fused-ring (bicyclic) bond motifs is 3. The monoisotopic (exact) mass is 618 g/mol. The van der Waals surface area contributed by atoms with E-state index in [1.165, 1.54) is 17.0 Å². The van der Waals surface area contributed by atoms with Crippen molar-refractivity contribution in [1.82, 2.24) is 4.90 Å². The van der Waals surface area contributed by atoms with Crippen LogP contribution in [0.5, 0.6) is 5.75 Å². The van der Waals surface area contributed by atoms with Crippen molar-refractivity contribution in [3.8, 4) is 5.75 Å². The van der Waals surface area contributed by atoms with Gasteiger partial charge >= 0.3 is 0 Å². The van der Waals surface area contributed by atoms with Crippen molar-refractivity contribution < 1.29 is 43.2 Å². The van der Waals surface area contributed by atoms with Gasteiger partial charge in [0.25, 0.3) is 15.9 Å². The second kappa shape index (κ2) is 9.83. The molecule has 1 aromatic heterocycles. The maximum atomic E-state index is 14.1. The Balaban J connectivity index is 1.71. The number of phenols is 1. The van der Waals surface area contributed by atoms with Gasteiger partial charge in [-0.05, 0) is 55.9 Å². The molecular weight excluding hydrogens is 588 g/mol. The minimum absolute atomic E-state index is 0.0221. The largest absolute Gasteiger partial charge is 0.510 e. The fraction of sp³-hybridized carbons (Fsp3) is 0.370. The minimum Gasteiger partial charge on any atom is -0.510 e. The maximum Gasteiger partial charge on any atom is 0.271 e. The molecule has 2 aromatic rings. The number of aromatic hydroxyl groups is 1. The lowest BCUT2D eigenvalue weighted by Gasteiger charge is -2.50. The molecule has 0 bridgehead atoms. The first kappa shape index (κ1) is 29.6. The van der Waals surface area contributed by atoms with Crippen LogP contribution >= 0.6 is 11.3 Å². The molecule has 1 aromatic carbocycles. The molecule has 1 amide bonds. The molecule has 0 fully saturated rings. The normalized spacial score (nSPS) is 25.7. The number of ketones is 2. The average molecular weight is 619 g/mol. The van der Waals surface area contributed by atoms with E-state index in [-0.39, 0.29) is 33.9 Å². The predicted octanol–water partition coefficient (Wildman–Crippen LogP) is 1.05. The van der Waals surface area contributed by atoms with Gasteiger partial charge in [0, 0.05) is 31.3 Å². The van der Waals surface area contributed by atoms with Crippen LogP contribution in [-0.4, -0.2) is 91.1 Å². The molecular formula is C27H30N4O9S2. The van der Waals surface area contributed by atoms with Crippen LogP contribution in [0.1, 0.15) is 22.3 Å². The van der Waals surface area contributed by atoms with E-state index in [0.717, 1.165) is 11.3 Å². The Kier molecular flexibility index (Phi) is 6.92. The zero-order valence-corrected chi connectivity index (χ0v) is 24.7. The van der Waals surface area contributed by atoms with Gasteiger partial charge in [0.2, 0.25) is 5.78 Å². The topological polar surface area (TPSA) is 211 Å². The standard InChI is InChI=1S/C27H30N4O9S2/c1-30(2)15-10-14(29-42(39,40)16-6-5-7-41-16)21(32)18-12(15)8-11-9-13-20(31(3)4)23(34)19(26(28)37)25(36)27(13,38)24(35)17(11)22(18)33/h5-7,10-11,13,20,29,32,34-35,38H,8-9H2,1-4H3,(H2,28,37)/t11?,13?,20-,27-/m0/s1. The Bertz CT molecular complexity index is 1710. The van der Waals surface area contributed by atoms with Crippen LogP contribution in [0.2, 0.25) is 0 Å². The Hall–Kier alpha value is -3.92. The summed E-state index contributed by atoms with van der Waals surface area (Å²) in [6.07, 6.45) is -0.000280. The van der Waals surface area contributed by atoms with Crippen LogP contribution < -0.4 is 15.4 Å². The number of Topliss-reactive ketones (excluding diaryl/α,β-unsaturated/α-hetero) is 2. The molecule has 0 saturated carbocycles. The number of nitrogens with zero attached hydrogens (tertiary/aromatic N) is 2. The van der Waals surface area contributed by atoms with Crippen molar-refractivity contribution >= 4 is 50.2 Å². The maximum absolute atomic E-state index is 14.1. The first-order chi connectivity index (χ1) is 19.5. The number of carbonyl (C=O) groups is 3. The average Bonchev–Trinajstić information content (AvgIpc) is 3.43. The lowest BCUT2D eigenvalue weighted by Crippen LogP contribution is -2.63. The van der Waals surface area contributed by atoms with Crippen molar-refractivity contribution in [2.45, 2.75) is 28.7 Å². The number of allylic oxidation sites excluding steroid dienone is 1. The summed E-state index contributed by atoms with van der Waals surface area (Å²) in [5, 5.41) is 46.9. The van der Waals surface area contributed by atoms with Crippen LogP contribution in [0.25, 0.3) is 0 Å². The third-order valence-corrected chi connectivity index (χ3v) is 10.9. The molecule has 1 heterocycles. The van der Waals surface area contributed by atoms with E-state index < -0.39 is 73.8 Å². The zero-order chi connectivity index (χ0) is 31.0. The number of hydrogen-bond donors (Lipinski definition) is 6. The van der Waals surface area contributed by atoms with E-state index in [9.17, 15) is 43.2 Å². The number of thiophene rings is 1. The lowest BCUT2D eigenvalue weighted by molar-refractivity contribution is -0.148. The van der Waals surface area contributed by atoms with E-state index in [2.05, 4.69) is 4.72 Å². The summed E-state index contributed by atoms with van der Waals surface area (Å²) in [7, 11) is 2.32. The Morgan fingerprint density at radius 3 is 2.38 bits per heavy atom. The number of nitrogens with two attached hydrogens (primary N) is 1. The number of benzene rings is 1. The quantitative estimate of drug-likeness (QED) is 0.199. The van der Waals surface area contributed by atoms with Crippen molar-refractivity contribution in [3.05, 3.63) is 57.4 Å². The van der Waals surface area contributed by atoms with Gasteiger partial charge in [0.1, 0.15) is 21.3 Å². The van der Waals surface area contributed by atoms with E-state index >= 15 is 0 Å². The third kappa shape index (κ3) is 4.10. The Morgan fingerprint density at radius 1 is 1.17 bits per heavy atom. The van der Waals surface area contributed by atoms with Gasteiger partial charge < -0.3 is 31.1 Å². The number of nitrogens with one attached hydrogen (secondary N) is 1. The molecule has 0 radical (unpaired) electrons. The number of rotatable bonds is 6. The predicted molar refractivity (Wildman–Crippen MR) is 153 cm³/mol. The number of primary amides is 1. The number of sulfonamides is 1. The molecule has 42 heavy (non-hydrogen) atoms. The summed E-state index contributed by atoms with van der Waals surface area (Å²) in [6, 6.07) is 3.22. The summed E-state index contributed by atoms with van der Waals surface area (Å²) in [5.74, 6) is -7.83. The molecule has 0 spiro atoms. The third-order valence-electron chi connectivity index (χ3n) is 8.19. The van der Waals surface area contributed by atoms with E-state index in [0.29, 0.717) is 11.3 Å². The molecule has 13 nitrogen and oxygen atoms in total. The van der Waals surface area contributed by atoms with Gasteiger partial charge in [-0.1, -0.05) is 6.07 Å². The van der Waals surface area contributed by atoms with Gasteiger partial charge in [-0.25, -0.2) is 8.42 Å². The number of amides is 1. The fourth-order valence-corrected chi connectivity index (χ4v) is 8.44. The number of hydrogen-bond acceptors (Lipinski definition) is 12. The van der Waals surface area contributed by atoms with Crippen LogP contribution in [0, 0.1) is 11.8 Å². The van der Waals surface area contributed by atoms with Crippen LogP contribution in [0.15, 0.2) is 50.5 Å². The van der Waals surface area contributed by atoms with Gasteiger partial charge in [0.05, 0.1) is 17.3 Å². The number of aliphatic hydroxyl groups excluding tert-OH is 2. The van der Waals surface area contributed by atoms with Crippen molar-refractivity contribution in [2.75, 3.05) is 37.8 Å². The fourth-order valence-electron chi connectivity index (χ4n) is 6.39. The van der Waals surface area contributed by atoms with Crippen molar-refractivity contribution in [1.29, 1.82) is 0 Å². The van der Waals surface area contributed by atoms with Gasteiger partial charge in [0.15, 0.2) is 17.1 Å². The summed E-state index contributed by atoms with van der Waals surface area (Å²) in [6.45, 7) is 0. The number of likely N-dealkylation sites (N-methyl/N-ethyl adjacent to an activating group) is 1. The molecule has 4 atom stereocenters. The minimum atomic E-state index is -4.12. The lowest BCUT2D eigenvalue weighted by atomic mass is 9.58. The molecule has 224 valence electrons. The molecule has 2 unspecified atom stereocenters. The Morgan fingerprint density at radius 2 is 1.83 bits per heavy atom. The molecule has 7 N–H and O–H groups in total. The highest BCUT2D eigenvalue weighted by Crippen LogP contribution is 2.54. The highest BCUT2D eigenvalue weighted by atomic mass is 32.2. The first-order valence-electron chi connectivity index (χ1n) is 12.8. The molecule has 0 aliphatic heterocycles. The number of aliphatic hydroxyl groups is 3. The first-order valence-corrected chi connectivity index (χ1v) is 15.2. The summed E-state index contributed by atoms with van der Waals surface area (Å²) < 4.78 is 28.2. The van der Waals surface area contributed by atoms with Crippen LogP contribution in [0.4, 0.5) is 11.4 Å². The Labute approximate surface area is 245 Å². The van der Waals surface area contributed by atoms with E-state index in [1.807, 2.05) is 0 Å². The SMILES string of the molecule is CN(C)c1cc(NS(=O)(=O)c2cccs2)c(O)c2c1CC1CC3[C@H](N(C)C)C(O)=C(C(N)=O)C(=O)[C@@]3(O)C(O)=C1C2=O. The second-order valence-corrected chi connectivity index (χ2v) is 13.9. The van der Waals surface area contributed by atoms with Crippen LogP contribution in [-0.2, 0) is 26.0 Å². The second-order valence-electron chi connectivity index (χ2n) is 11.0. The summed E-state index contributed by atoms with van der Waals surface area (Å²) in [5.41, 5.74) is 1.56. The van der Waals surface area contributed by atoms with Gasteiger partial charge in [-0.15, -0.1) is 11.3 Å². The number of phenolic OH excluding ortho intramolecular Hbond substituents is 1. The molecule has 3 aliphatic rings. The number of carbonyl (C=O) groups excluding carboxylic acids is 3. The van der Waals surface area contributed by atoms with Crippen molar-refractivity contribution in [3.63, 3.8) is 0 Å². The molecule has 3 aliphatic carbocycles. The van der Waals surface area contributed by atoms with E-state index in [1.54, 1.807) is 44.5 Å². The zero-order valence-electron chi connectivity index (χ0n) is 23.1. The molecule has 5 rings (SSSR count).